The Kier molecular flexibility index (Phi) is 3.77. The standard InChI is InChI=1S/C14H16N2O2/c1-2-12-8-9-14(15-12)13(10-16(17)18)11-6-4-3-5-7-11/h3-9,13,15H,2,10H2,1H3/t13-/m1/s1. The molecule has 1 aromatic heterocycles. The number of nitrogens with zero attached hydrogens (tertiary/aromatic N) is 1. The van der Waals surface area contributed by atoms with Crippen LogP contribution in [0.4, 0.5) is 0 Å². The molecule has 2 aromatic rings. The molecule has 0 aliphatic carbocycles. The Bertz CT molecular complexity index is 520. The second-order valence-corrected chi connectivity index (χ2v) is 4.27. The summed E-state index contributed by atoms with van der Waals surface area (Å²) in [5.41, 5.74) is 2.99. The van der Waals surface area contributed by atoms with E-state index < -0.39 is 0 Å². The molecule has 4 nitrogen and oxygen atoms in total. The number of nitrogens with one attached hydrogen (secondary N) is 1. The van der Waals surface area contributed by atoms with Crippen molar-refractivity contribution >= 4 is 0 Å². The molecular formula is C14H16N2O2. The van der Waals surface area contributed by atoms with Gasteiger partial charge in [0.25, 0.3) is 0 Å². The summed E-state index contributed by atoms with van der Waals surface area (Å²) in [5, 5.41) is 10.8. The first kappa shape index (κ1) is 12.4. The van der Waals surface area contributed by atoms with Crippen molar-refractivity contribution in [2.45, 2.75) is 19.3 Å². The van der Waals surface area contributed by atoms with Gasteiger partial charge in [0.05, 0.1) is 5.92 Å². The number of H-pyrrole nitrogens is 1. The number of benzene rings is 1. The topological polar surface area (TPSA) is 58.9 Å². The highest BCUT2D eigenvalue weighted by Crippen LogP contribution is 2.24. The summed E-state index contributed by atoms with van der Waals surface area (Å²) in [4.78, 5) is 13.8. The van der Waals surface area contributed by atoms with E-state index in [2.05, 4.69) is 11.9 Å². The van der Waals surface area contributed by atoms with E-state index in [1.54, 1.807) is 0 Å². The summed E-state index contributed by atoms with van der Waals surface area (Å²) >= 11 is 0. The smallest absolute Gasteiger partial charge is 0.216 e. The normalized spacial score (nSPS) is 12.3. The number of nitro groups is 1. The minimum atomic E-state index is -0.260. The van der Waals surface area contributed by atoms with Crippen molar-refractivity contribution in [2.75, 3.05) is 6.54 Å². The van der Waals surface area contributed by atoms with Crippen LogP contribution < -0.4 is 0 Å². The average molecular weight is 244 g/mol. The molecule has 0 saturated heterocycles. The van der Waals surface area contributed by atoms with Crippen LogP contribution in [0.5, 0.6) is 0 Å². The quantitative estimate of drug-likeness (QED) is 0.649. The molecule has 0 aliphatic rings. The Balaban J connectivity index is 2.33. The molecular weight excluding hydrogens is 228 g/mol. The maximum absolute atomic E-state index is 10.8. The first-order chi connectivity index (χ1) is 8.70. The van der Waals surface area contributed by atoms with Gasteiger partial charge in [-0.2, -0.15) is 0 Å². The molecule has 1 heterocycles. The fourth-order valence-corrected chi connectivity index (χ4v) is 2.09. The monoisotopic (exact) mass is 244 g/mol. The lowest BCUT2D eigenvalue weighted by Crippen LogP contribution is -2.14. The van der Waals surface area contributed by atoms with Gasteiger partial charge >= 0.3 is 0 Å². The second kappa shape index (κ2) is 5.49. The van der Waals surface area contributed by atoms with E-state index in [1.807, 2.05) is 42.5 Å². The van der Waals surface area contributed by atoms with Gasteiger partial charge in [-0.15, -0.1) is 0 Å². The fraction of sp³-hybridized carbons (Fsp3) is 0.286. The number of hydrogen-bond acceptors (Lipinski definition) is 2. The molecule has 0 radical (unpaired) electrons. The van der Waals surface area contributed by atoms with Crippen LogP contribution in [0.2, 0.25) is 0 Å². The first-order valence-electron chi connectivity index (χ1n) is 6.05. The fourth-order valence-electron chi connectivity index (χ4n) is 2.09. The van der Waals surface area contributed by atoms with Crippen LogP contribution in [-0.4, -0.2) is 16.5 Å². The molecule has 0 amide bonds. The number of hydrogen-bond donors (Lipinski definition) is 1. The Hall–Kier alpha value is -2.10. The van der Waals surface area contributed by atoms with E-state index in [4.69, 9.17) is 0 Å². The number of aromatic nitrogens is 1. The molecule has 0 fully saturated rings. The lowest BCUT2D eigenvalue weighted by molar-refractivity contribution is -0.481. The van der Waals surface area contributed by atoms with E-state index in [0.717, 1.165) is 23.4 Å². The molecule has 0 aliphatic heterocycles. The highest BCUT2D eigenvalue weighted by atomic mass is 16.6. The molecule has 0 saturated carbocycles. The van der Waals surface area contributed by atoms with Crippen LogP contribution >= 0.6 is 0 Å². The van der Waals surface area contributed by atoms with Gasteiger partial charge < -0.3 is 4.98 Å². The van der Waals surface area contributed by atoms with Crippen LogP contribution in [0.25, 0.3) is 0 Å². The number of rotatable bonds is 5. The van der Waals surface area contributed by atoms with Gasteiger partial charge in [0.2, 0.25) is 6.54 Å². The summed E-state index contributed by atoms with van der Waals surface area (Å²) in [7, 11) is 0. The van der Waals surface area contributed by atoms with Gasteiger partial charge in [-0.3, -0.25) is 10.1 Å². The van der Waals surface area contributed by atoms with E-state index in [-0.39, 0.29) is 17.4 Å². The third-order valence-electron chi connectivity index (χ3n) is 3.06. The summed E-state index contributed by atoms with van der Waals surface area (Å²) in [6, 6.07) is 13.5. The van der Waals surface area contributed by atoms with Crippen molar-refractivity contribution in [1.82, 2.24) is 4.98 Å². The lowest BCUT2D eigenvalue weighted by Gasteiger charge is -2.11. The molecule has 4 heteroatoms. The van der Waals surface area contributed by atoms with Crippen molar-refractivity contribution in [3.8, 4) is 0 Å². The summed E-state index contributed by atoms with van der Waals surface area (Å²) in [5.74, 6) is -0.207. The van der Waals surface area contributed by atoms with Crippen LogP contribution in [0, 0.1) is 10.1 Å². The van der Waals surface area contributed by atoms with Crippen molar-refractivity contribution in [2.24, 2.45) is 0 Å². The minimum Gasteiger partial charge on any atom is -0.362 e. The predicted octanol–water partition coefficient (Wildman–Crippen LogP) is 2.99. The van der Waals surface area contributed by atoms with E-state index >= 15 is 0 Å². The highest BCUT2D eigenvalue weighted by Gasteiger charge is 2.21. The Morgan fingerprint density at radius 3 is 2.50 bits per heavy atom. The van der Waals surface area contributed by atoms with E-state index in [1.165, 1.54) is 0 Å². The number of aromatic amines is 1. The molecule has 2 rings (SSSR count). The van der Waals surface area contributed by atoms with Gasteiger partial charge in [0, 0.05) is 16.3 Å². The zero-order valence-corrected chi connectivity index (χ0v) is 10.3. The second-order valence-electron chi connectivity index (χ2n) is 4.27. The van der Waals surface area contributed by atoms with Crippen LogP contribution in [0.15, 0.2) is 42.5 Å². The zero-order valence-electron chi connectivity index (χ0n) is 10.3. The van der Waals surface area contributed by atoms with Gasteiger partial charge in [0.15, 0.2) is 0 Å². The van der Waals surface area contributed by atoms with Crippen LogP contribution in [0.1, 0.15) is 29.8 Å². The zero-order chi connectivity index (χ0) is 13.0. The van der Waals surface area contributed by atoms with Gasteiger partial charge in [-0.1, -0.05) is 37.3 Å². The summed E-state index contributed by atoms with van der Waals surface area (Å²) < 4.78 is 0. The van der Waals surface area contributed by atoms with Crippen LogP contribution in [0.3, 0.4) is 0 Å². The molecule has 94 valence electrons. The molecule has 1 N–H and O–H groups in total. The molecule has 0 unspecified atom stereocenters. The molecule has 0 bridgehead atoms. The summed E-state index contributed by atoms with van der Waals surface area (Å²) in [6.07, 6.45) is 0.903. The van der Waals surface area contributed by atoms with Crippen LogP contribution in [-0.2, 0) is 6.42 Å². The van der Waals surface area contributed by atoms with Gasteiger partial charge in [-0.25, -0.2) is 0 Å². The predicted molar refractivity (Wildman–Crippen MR) is 70.3 cm³/mol. The van der Waals surface area contributed by atoms with Gasteiger partial charge in [0.1, 0.15) is 0 Å². The van der Waals surface area contributed by atoms with Crippen molar-refractivity contribution < 1.29 is 4.92 Å². The van der Waals surface area contributed by atoms with Crippen molar-refractivity contribution in [3.63, 3.8) is 0 Å². The van der Waals surface area contributed by atoms with Crippen molar-refractivity contribution in [3.05, 3.63) is 69.5 Å². The summed E-state index contributed by atoms with van der Waals surface area (Å²) in [6.45, 7) is 1.97. The maximum Gasteiger partial charge on any atom is 0.216 e. The Morgan fingerprint density at radius 2 is 1.94 bits per heavy atom. The third kappa shape index (κ3) is 2.77. The van der Waals surface area contributed by atoms with E-state index in [9.17, 15) is 10.1 Å². The highest BCUT2D eigenvalue weighted by molar-refractivity contribution is 5.30. The van der Waals surface area contributed by atoms with E-state index in [0.29, 0.717) is 0 Å². The lowest BCUT2D eigenvalue weighted by atomic mass is 9.96. The largest absolute Gasteiger partial charge is 0.362 e. The molecule has 1 atom stereocenters. The third-order valence-corrected chi connectivity index (χ3v) is 3.06. The van der Waals surface area contributed by atoms with Gasteiger partial charge in [-0.05, 0) is 24.1 Å². The van der Waals surface area contributed by atoms with Crippen molar-refractivity contribution in [1.29, 1.82) is 0 Å². The number of aryl methyl sites for hydroxylation is 1. The molecule has 0 spiro atoms. The maximum atomic E-state index is 10.8. The Morgan fingerprint density at radius 1 is 1.22 bits per heavy atom. The molecule has 1 aromatic carbocycles. The molecule has 18 heavy (non-hydrogen) atoms. The minimum absolute atomic E-state index is 0.0896. The first-order valence-corrected chi connectivity index (χ1v) is 6.05. The average Bonchev–Trinajstić information content (AvgIpc) is 2.85. The Labute approximate surface area is 106 Å². The SMILES string of the molecule is CCc1ccc([C@H](C[N+](=O)[O-])c2ccccc2)[nH]1.